The first kappa shape index (κ1) is 16.5. The molecule has 0 heterocycles. The van der Waals surface area contributed by atoms with Crippen LogP contribution in [0.25, 0.3) is 0 Å². The topological polar surface area (TPSA) is 44.8 Å². The molecule has 0 aromatic heterocycles. The number of hydrogen-bond acceptors (Lipinski definition) is 4. The van der Waals surface area contributed by atoms with Gasteiger partial charge < -0.3 is 14.2 Å². The summed E-state index contributed by atoms with van der Waals surface area (Å²) >= 11 is 5.86. The van der Waals surface area contributed by atoms with Crippen LogP contribution in [0.1, 0.15) is 25.0 Å². The maximum absolute atomic E-state index is 11.4. The highest BCUT2D eigenvalue weighted by atomic mass is 35.5. The summed E-state index contributed by atoms with van der Waals surface area (Å²) in [6.07, 6.45) is 1.56. The van der Waals surface area contributed by atoms with Crippen LogP contribution in [-0.2, 0) is 19.0 Å². The van der Waals surface area contributed by atoms with Gasteiger partial charge in [-0.05, 0) is 24.6 Å². The molecule has 0 fully saturated rings. The first-order chi connectivity index (χ1) is 9.60. The van der Waals surface area contributed by atoms with Crippen LogP contribution in [0, 0.1) is 0 Å². The third kappa shape index (κ3) is 5.23. The number of hydrogen-bond donors (Lipinski definition) is 0. The van der Waals surface area contributed by atoms with E-state index in [1.165, 1.54) is 13.2 Å². The molecule has 1 rings (SSSR count). The highest BCUT2D eigenvalue weighted by Gasteiger charge is 2.14. The van der Waals surface area contributed by atoms with E-state index in [9.17, 15) is 4.79 Å². The molecule has 110 valence electrons. The fourth-order valence-electron chi connectivity index (χ4n) is 1.71. The van der Waals surface area contributed by atoms with E-state index in [0.29, 0.717) is 23.8 Å². The fourth-order valence-corrected chi connectivity index (χ4v) is 1.84. The predicted molar refractivity (Wildman–Crippen MR) is 77.5 cm³/mol. The van der Waals surface area contributed by atoms with Crippen LogP contribution in [0.5, 0.6) is 0 Å². The molecule has 0 saturated carbocycles. The summed E-state index contributed by atoms with van der Waals surface area (Å²) in [5, 5.41) is 0.664. The average Bonchev–Trinajstić information content (AvgIpc) is 2.44. The fraction of sp³-hybridized carbons (Fsp3) is 0.400. The van der Waals surface area contributed by atoms with E-state index in [4.69, 9.17) is 25.8 Å². The molecular formula is C15H19ClO4. The minimum Gasteiger partial charge on any atom is -0.501 e. The molecule has 0 spiro atoms. The Bertz CT molecular complexity index is 453. The van der Waals surface area contributed by atoms with Crippen molar-refractivity contribution in [2.75, 3.05) is 20.8 Å². The third-order valence-electron chi connectivity index (χ3n) is 2.74. The number of esters is 1. The Kier molecular flexibility index (Phi) is 7.12. The SMILES string of the molecule is CCOC(=O)/C=C(/CC(OC)c1ccc(Cl)cc1)OC. The summed E-state index contributed by atoms with van der Waals surface area (Å²) < 4.78 is 15.5. The Labute approximate surface area is 124 Å². The number of benzene rings is 1. The summed E-state index contributed by atoms with van der Waals surface area (Å²) in [4.78, 5) is 11.4. The summed E-state index contributed by atoms with van der Waals surface area (Å²) in [6, 6.07) is 7.36. The molecule has 0 radical (unpaired) electrons. The second-order valence-electron chi connectivity index (χ2n) is 4.05. The van der Waals surface area contributed by atoms with Crippen molar-refractivity contribution in [3.05, 3.63) is 46.7 Å². The lowest BCUT2D eigenvalue weighted by Crippen LogP contribution is -2.07. The molecule has 4 nitrogen and oxygen atoms in total. The Morgan fingerprint density at radius 2 is 1.95 bits per heavy atom. The Balaban J connectivity index is 2.80. The largest absolute Gasteiger partial charge is 0.501 e. The molecule has 0 bridgehead atoms. The normalized spacial score (nSPS) is 12.9. The van der Waals surface area contributed by atoms with Gasteiger partial charge in [-0.3, -0.25) is 0 Å². The molecule has 1 aromatic rings. The first-order valence-electron chi connectivity index (χ1n) is 6.30. The standard InChI is InChI=1S/C15H19ClO4/c1-4-20-15(17)10-13(18-2)9-14(19-3)11-5-7-12(16)8-6-11/h5-8,10,14H,4,9H2,1-3H3/b13-10-. The summed E-state index contributed by atoms with van der Waals surface area (Å²) in [6.45, 7) is 2.08. The van der Waals surface area contributed by atoms with Gasteiger partial charge in [0, 0.05) is 18.6 Å². The number of ether oxygens (including phenoxy) is 3. The van der Waals surface area contributed by atoms with Crippen LogP contribution in [0.4, 0.5) is 0 Å². The molecule has 0 amide bonds. The molecule has 20 heavy (non-hydrogen) atoms. The lowest BCUT2D eigenvalue weighted by Gasteiger charge is -2.17. The molecule has 5 heteroatoms. The Hall–Kier alpha value is -1.52. The predicted octanol–water partition coefficient (Wildman–Crippen LogP) is 3.51. The smallest absolute Gasteiger partial charge is 0.334 e. The average molecular weight is 299 g/mol. The highest BCUT2D eigenvalue weighted by Crippen LogP contribution is 2.25. The Morgan fingerprint density at radius 3 is 2.45 bits per heavy atom. The van der Waals surface area contributed by atoms with Gasteiger partial charge in [-0.1, -0.05) is 23.7 Å². The van der Waals surface area contributed by atoms with E-state index in [1.54, 1.807) is 26.2 Å². The molecule has 0 aliphatic carbocycles. The summed E-state index contributed by atoms with van der Waals surface area (Å²) in [5.74, 6) is 0.0839. The summed E-state index contributed by atoms with van der Waals surface area (Å²) in [7, 11) is 3.12. The molecule has 1 unspecified atom stereocenters. The van der Waals surface area contributed by atoms with Gasteiger partial charge in [-0.15, -0.1) is 0 Å². The number of carbonyl (C=O) groups excluding carboxylic acids is 1. The quantitative estimate of drug-likeness (QED) is 0.439. The zero-order chi connectivity index (χ0) is 15.0. The molecule has 0 N–H and O–H groups in total. The van der Waals surface area contributed by atoms with Crippen molar-refractivity contribution in [3.8, 4) is 0 Å². The van der Waals surface area contributed by atoms with E-state index < -0.39 is 5.97 Å². The van der Waals surface area contributed by atoms with Gasteiger partial charge in [0.15, 0.2) is 0 Å². The molecule has 0 saturated heterocycles. The lowest BCUT2D eigenvalue weighted by molar-refractivity contribution is -0.137. The van der Waals surface area contributed by atoms with Gasteiger partial charge >= 0.3 is 5.97 Å². The molecular weight excluding hydrogens is 280 g/mol. The van der Waals surface area contributed by atoms with Crippen LogP contribution in [0.3, 0.4) is 0 Å². The van der Waals surface area contributed by atoms with Crippen molar-refractivity contribution in [1.82, 2.24) is 0 Å². The minimum absolute atomic E-state index is 0.215. The zero-order valence-corrected chi connectivity index (χ0v) is 12.6. The summed E-state index contributed by atoms with van der Waals surface area (Å²) in [5.41, 5.74) is 0.962. The monoisotopic (exact) mass is 298 g/mol. The maximum atomic E-state index is 11.4. The van der Waals surface area contributed by atoms with Crippen molar-refractivity contribution in [2.24, 2.45) is 0 Å². The molecule has 1 atom stereocenters. The maximum Gasteiger partial charge on any atom is 0.334 e. The number of methoxy groups -OCH3 is 2. The van der Waals surface area contributed by atoms with Gasteiger partial charge in [-0.2, -0.15) is 0 Å². The Morgan fingerprint density at radius 1 is 1.30 bits per heavy atom. The second kappa shape index (κ2) is 8.61. The van der Waals surface area contributed by atoms with Crippen LogP contribution < -0.4 is 0 Å². The van der Waals surface area contributed by atoms with E-state index in [2.05, 4.69) is 0 Å². The van der Waals surface area contributed by atoms with E-state index >= 15 is 0 Å². The van der Waals surface area contributed by atoms with E-state index in [0.717, 1.165) is 5.56 Å². The van der Waals surface area contributed by atoms with Crippen molar-refractivity contribution in [1.29, 1.82) is 0 Å². The zero-order valence-electron chi connectivity index (χ0n) is 11.9. The number of carbonyl (C=O) groups is 1. The van der Waals surface area contributed by atoms with E-state index in [-0.39, 0.29) is 6.10 Å². The van der Waals surface area contributed by atoms with Gasteiger partial charge in [0.05, 0.1) is 25.9 Å². The first-order valence-corrected chi connectivity index (χ1v) is 6.68. The van der Waals surface area contributed by atoms with Crippen LogP contribution in [-0.4, -0.2) is 26.8 Å². The van der Waals surface area contributed by atoms with Crippen molar-refractivity contribution in [2.45, 2.75) is 19.4 Å². The third-order valence-corrected chi connectivity index (χ3v) is 2.99. The van der Waals surface area contributed by atoms with Crippen LogP contribution >= 0.6 is 11.6 Å². The van der Waals surface area contributed by atoms with Crippen LogP contribution in [0.15, 0.2) is 36.1 Å². The number of rotatable bonds is 7. The number of halogens is 1. The second-order valence-corrected chi connectivity index (χ2v) is 4.48. The van der Waals surface area contributed by atoms with Gasteiger partial charge in [0.2, 0.25) is 0 Å². The molecule has 1 aromatic carbocycles. The molecule has 0 aliphatic rings. The van der Waals surface area contributed by atoms with Crippen molar-refractivity contribution in [3.63, 3.8) is 0 Å². The lowest BCUT2D eigenvalue weighted by atomic mass is 10.1. The van der Waals surface area contributed by atoms with Crippen molar-refractivity contribution >= 4 is 17.6 Å². The highest BCUT2D eigenvalue weighted by molar-refractivity contribution is 6.30. The van der Waals surface area contributed by atoms with Crippen molar-refractivity contribution < 1.29 is 19.0 Å². The van der Waals surface area contributed by atoms with Crippen LogP contribution in [0.2, 0.25) is 5.02 Å². The van der Waals surface area contributed by atoms with Gasteiger partial charge in [0.1, 0.15) is 5.76 Å². The molecule has 0 aliphatic heterocycles. The van der Waals surface area contributed by atoms with Gasteiger partial charge in [0.25, 0.3) is 0 Å². The minimum atomic E-state index is -0.421. The van der Waals surface area contributed by atoms with Gasteiger partial charge in [-0.25, -0.2) is 4.79 Å². The van der Waals surface area contributed by atoms with E-state index in [1.807, 2.05) is 12.1 Å².